The Hall–Kier alpha value is -2.56. The molecule has 110 valence electrons. The van der Waals surface area contributed by atoms with Crippen molar-refractivity contribution in [2.24, 2.45) is 7.05 Å². The van der Waals surface area contributed by atoms with Crippen LogP contribution in [-0.2, 0) is 7.05 Å². The normalized spacial score (nSPS) is 10.9. The van der Waals surface area contributed by atoms with Gasteiger partial charge in [-0.2, -0.15) is 5.10 Å². The van der Waals surface area contributed by atoms with Crippen LogP contribution in [0.4, 0.5) is 0 Å². The van der Waals surface area contributed by atoms with E-state index in [1.807, 2.05) is 25.1 Å². The number of carbonyl (C=O) groups excluding carboxylic acids is 1. The average Bonchev–Trinajstić information content (AvgIpc) is 2.82. The molecular formula is C16H18N2O3. The Morgan fingerprint density at radius 1 is 1.29 bits per heavy atom. The van der Waals surface area contributed by atoms with Crippen LogP contribution in [0.25, 0.3) is 6.08 Å². The highest BCUT2D eigenvalue weighted by Gasteiger charge is 2.11. The van der Waals surface area contributed by atoms with E-state index in [1.165, 1.54) is 6.08 Å². The Bertz CT molecular complexity index is 687. The number of aryl methyl sites for hydroxylation is 2. The van der Waals surface area contributed by atoms with E-state index in [4.69, 9.17) is 9.47 Å². The van der Waals surface area contributed by atoms with Gasteiger partial charge in [0.15, 0.2) is 17.3 Å². The summed E-state index contributed by atoms with van der Waals surface area (Å²) in [7, 11) is 4.94. The van der Waals surface area contributed by atoms with Crippen LogP contribution in [0, 0.1) is 6.92 Å². The molecule has 2 aromatic rings. The third-order valence-electron chi connectivity index (χ3n) is 3.13. The van der Waals surface area contributed by atoms with Gasteiger partial charge in [-0.1, -0.05) is 12.1 Å². The summed E-state index contributed by atoms with van der Waals surface area (Å²) in [5, 5.41) is 4.17. The predicted octanol–water partition coefficient (Wildman–Crippen LogP) is 2.64. The van der Waals surface area contributed by atoms with Crippen molar-refractivity contribution in [2.75, 3.05) is 14.2 Å². The van der Waals surface area contributed by atoms with E-state index >= 15 is 0 Å². The summed E-state index contributed by atoms with van der Waals surface area (Å²) < 4.78 is 12.2. The molecule has 0 aliphatic rings. The van der Waals surface area contributed by atoms with Gasteiger partial charge in [-0.05, 0) is 25.1 Å². The molecule has 1 aromatic heterocycles. The lowest BCUT2D eigenvalue weighted by Crippen LogP contribution is -1.96. The molecule has 0 aliphatic heterocycles. The minimum atomic E-state index is -0.0922. The molecule has 0 saturated heterocycles. The Morgan fingerprint density at radius 3 is 2.62 bits per heavy atom. The number of carbonyl (C=O) groups is 1. The van der Waals surface area contributed by atoms with Crippen molar-refractivity contribution in [2.45, 2.75) is 6.92 Å². The van der Waals surface area contributed by atoms with Gasteiger partial charge in [0, 0.05) is 18.8 Å². The quantitative estimate of drug-likeness (QED) is 0.626. The Kier molecular flexibility index (Phi) is 4.42. The number of ketones is 1. The van der Waals surface area contributed by atoms with Crippen molar-refractivity contribution in [3.05, 3.63) is 47.3 Å². The van der Waals surface area contributed by atoms with Crippen LogP contribution in [-0.4, -0.2) is 29.8 Å². The smallest absolute Gasteiger partial charge is 0.189 e. The van der Waals surface area contributed by atoms with Gasteiger partial charge in [0.25, 0.3) is 0 Å². The maximum atomic E-state index is 12.2. The van der Waals surface area contributed by atoms with Crippen LogP contribution in [0.1, 0.15) is 21.6 Å². The standard InChI is InChI=1S/C16H18N2O3/c1-11-13(10-18(2)17-11)14(19)9-8-12-6-5-7-15(20-3)16(12)21-4/h5-10H,1-4H3/b9-8+. The summed E-state index contributed by atoms with van der Waals surface area (Å²) in [6.07, 6.45) is 4.95. The monoisotopic (exact) mass is 286 g/mol. The fourth-order valence-electron chi connectivity index (χ4n) is 2.14. The number of ether oxygens (including phenoxy) is 2. The molecule has 1 aromatic carbocycles. The van der Waals surface area contributed by atoms with Crippen LogP contribution in [0.3, 0.4) is 0 Å². The lowest BCUT2D eigenvalue weighted by atomic mass is 10.1. The van der Waals surface area contributed by atoms with Gasteiger partial charge in [0.2, 0.25) is 0 Å². The summed E-state index contributed by atoms with van der Waals surface area (Å²) in [6, 6.07) is 5.52. The molecule has 0 spiro atoms. The van der Waals surface area contributed by atoms with Crippen LogP contribution in [0.2, 0.25) is 0 Å². The molecule has 1 heterocycles. The topological polar surface area (TPSA) is 53.4 Å². The predicted molar refractivity (Wildman–Crippen MR) is 80.9 cm³/mol. The zero-order valence-electron chi connectivity index (χ0n) is 12.6. The number of benzene rings is 1. The second-order valence-corrected chi connectivity index (χ2v) is 4.58. The summed E-state index contributed by atoms with van der Waals surface area (Å²) in [6.45, 7) is 1.81. The molecule has 0 fully saturated rings. The van der Waals surface area contributed by atoms with Gasteiger partial charge in [-0.25, -0.2) is 0 Å². The second kappa shape index (κ2) is 6.26. The SMILES string of the molecule is COc1cccc(/C=C/C(=O)c2cn(C)nc2C)c1OC. The first-order chi connectivity index (χ1) is 10.1. The first kappa shape index (κ1) is 14.8. The third-order valence-corrected chi connectivity index (χ3v) is 3.13. The van der Waals surface area contributed by atoms with Gasteiger partial charge in [-0.3, -0.25) is 9.48 Å². The molecule has 0 unspecified atom stereocenters. The van der Waals surface area contributed by atoms with E-state index in [0.29, 0.717) is 22.8 Å². The van der Waals surface area contributed by atoms with Gasteiger partial charge >= 0.3 is 0 Å². The van der Waals surface area contributed by atoms with Crippen molar-refractivity contribution < 1.29 is 14.3 Å². The highest BCUT2D eigenvalue weighted by molar-refractivity contribution is 6.07. The molecule has 21 heavy (non-hydrogen) atoms. The minimum absolute atomic E-state index is 0.0922. The zero-order chi connectivity index (χ0) is 15.4. The number of hydrogen-bond donors (Lipinski definition) is 0. The van der Waals surface area contributed by atoms with Gasteiger partial charge < -0.3 is 9.47 Å². The number of para-hydroxylation sites is 1. The van der Waals surface area contributed by atoms with Crippen LogP contribution >= 0.6 is 0 Å². The molecule has 2 rings (SSSR count). The van der Waals surface area contributed by atoms with E-state index in [0.717, 1.165) is 5.56 Å². The van der Waals surface area contributed by atoms with E-state index in [9.17, 15) is 4.79 Å². The molecule has 0 atom stereocenters. The second-order valence-electron chi connectivity index (χ2n) is 4.58. The first-order valence-corrected chi connectivity index (χ1v) is 6.50. The Balaban J connectivity index is 2.29. The molecule has 0 bridgehead atoms. The van der Waals surface area contributed by atoms with E-state index in [2.05, 4.69) is 5.10 Å². The summed E-state index contributed by atoms with van der Waals surface area (Å²) in [5.74, 6) is 1.14. The molecule has 5 heteroatoms. The van der Waals surface area contributed by atoms with E-state index in [-0.39, 0.29) is 5.78 Å². The van der Waals surface area contributed by atoms with E-state index in [1.54, 1.807) is 38.2 Å². The number of hydrogen-bond acceptors (Lipinski definition) is 4. The highest BCUT2D eigenvalue weighted by Crippen LogP contribution is 2.31. The van der Waals surface area contributed by atoms with Crippen LogP contribution in [0.5, 0.6) is 11.5 Å². The zero-order valence-corrected chi connectivity index (χ0v) is 12.6. The van der Waals surface area contributed by atoms with Crippen molar-refractivity contribution in [3.8, 4) is 11.5 Å². The number of aromatic nitrogens is 2. The largest absolute Gasteiger partial charge is 0.493 e. The minimum Gasteiger partial charge on any atom is -0.493 e. The molecule has 0 radical (unpaired) electrons. The Morgan fingerprint density at radius 2 is 2.05 bits per heavy atom. The molecular weight excluding hydrogens is 268 g/mol. The molecule has 0 aliphatic carbocycles. The van der Waals surface area contributed by atoms with Crippen LogP contribution < -0.4 is 9.47 Å². The first-order valence-electron chi connectivity index (χ1n) is 6.50. The van der Waals surface area contributed by atoms with Crippen molar-refractivity contribution in [1.82, 2.24) is 9.78 Å². The Labute approximate surface area is 123 Å². The van der Waals surface area contributed by atoms with E-state index < -0.39 is 0 Å². The van der Waals surface area contributed by atoms with Crippen molar-refractivity contribution >= 4 is 11.9 Å². The maximum absolute atomic E-state index is 12.2. The molecule has 0 amide bonds. The maximum Gasteiger partial charge on any atom is 0.189 e. The number of rotatable bonds is 5. The van der Waals surface area contributed by atoms with Crippen molar-refractivity contribution in [1.29, 1.82) is 0 Å². The highest BCUT2D eigenvalue weighted by atomic mass is 16.5. The van der Waals surface area contributed by atoms with Gasteiger partial charge in [0.05, 0.1) is 25.5 Å². The number of nitrogens with zero attached hydrogens (tertiary/aromatic N) is 2. The number of methoxy groups -OCH3 is 2. The van der Waals surface area contributed by atoms with Gasteiger partial charge in [0.1, 0.15) is 0 Å². The fraction of sp³-hybridized carbons (Fsp3) is 0.250. The average molecular weight is 286 g/mol. The van der Waals surface area contributed by atoms with Crippen molar-refractivity contribution in [3.63, 3.8) is 0 Å². The fourth-order valence-corrected chi connectivity index (χ4v) is 2.14. The van der Waals surface area contributed by atoms with Gasteiger partial charge in [-0.15, -0.1) is 0 Å². The summed E-state index contributed by atoms with van der Waals surface area (Å²) in [4.78, 5) is 12.2. The molecule has 5 nitrogen and oxygen atoms in total. The number of allylic oxidation sites excluding steroid dienone is 1. The van der Waals surface area contributed by atoms with Crippen LogP contribution in [0.15, 0.2) is 30.5 Å². The lowest BCUT2D eigenvalue weighted by molar-refractivity contribution is 0.104. The molecule has 0 saturated carbocycles. The third kappa shape index (κ3) is 3.13. The molecule has 0 N–H and O–H groups in total. The summed E-state index contributed by atoms with van der Waals surface area (Å²) >= 11 is 0. The summed E-state index contributed by atoms with van der Waals surface area (Å²) in [5.41, 5.74) is 2.09. The lowest BCUT2D eigenvalue weighted by Gasteiger charge is -2.09.